The van der Waals surface area contributed by atoms with E-state index in [1.807, 2.05) is 5.38 Å². The Bertz CT molecular complexity index is 1180. The molecule has 1 fully saturated rings. The van der Waals surface area contributed by atoms with Gasteiger partial charge in [-0.1, -0.05) is 16.8 Å². The van der Waals surface area contributed by atoms with Crippen LogP contribution in [0.25, 0.3) is 5.69 Å². The first-order chi connectivity index (χ1) is 15.7. The molecule has 1 aromatic carbocycles. The molecule has 0 atom stereocenters. The molecule has 4 aromatic rings. The summed E-state index contributed by atoms with van der Waals surface area (Å²) in [6.07, 6.45) is 8.37. The van der Waals surface area contributed by atoms with E-state index in [1.54, 1.807) is 42.1 Å². The third kappa shape index (κ3) is 4.56. The number of anilines is 1. The second-order valence-corrected chi connectivity index (χ2v) is 8.72. The lowest BCUT2D eigenvalue weighted by molar-refractivity contribution is 0.286. The van der Waals surface area contributed by atoms with E-state index in [1.165, 1.54) is 16.9 Å². The Balaban J connectivity index is 1.17. The van der Waals surface area contributed by atoms with E-state index in [0.29, 0.717) is 22.6 Å². The van der Waals surface area contributed by atoms with Gasteiger partial charge in [-0.2, -0.15) is 0 Å². The summed E-state index contributed by atoms with van der Waals surface area (Å²) in [6, 6.07) is 4.70. The average molecular weight is 472 g/mol. The third-order valence-corrected chi connectivity index (χ3v) is 6.53. The molecule has 0 N–H and O–H groups in total. The molecule has 32 heavy (non-hydrogen) atoms. The molecule has 1 aliphatic rings. The van der Waals surface area contributed by atoms with Crippen LogP contribution in [0.3, 0.4) is 0 Å². The summed E-state index contributed by atoms with van der Waals surface area (Å²) in [6.45, 7) is 1.94. The molecule has 0 radical (unpaired) electrons. The lowest BCUT2D eigenvalue weighted by atomic mass is 9.98. The Morgan fingerprint density at radius 3 is 2.72 bits per heavy atom. The van der Waals surface area contributed by atoms with Crippen LogP contribution < -0.4 is 9.64 Å². The van der Waals surface area contributed by atoms with Gasteiger partial charge in [-0.3, -0.25) is 0 Å². The van der Waals surface area contributed by atoms with Crippen molar-refractivity contribution in [3.63, 3.8) is 0 Å². The molecular formula is C21H19ClFN7OS. The first-order valence-electron chi connectivity index (χ1n) is 10.1. The van der Waals surface area contributed by atoms with E-state index in [9.17, 15) is 4.39 Å². The molecule has 0 aliphatic carbocycles. The molecule has 1 aliphatic heterocycles. The van der Waals surface area contributed by atoms with Crippen LogP contribution >= 0.6 is 22.9 Å². The van der Waals surface area contributed by atoms with Crippen molar-refractivity contribution in [2.24, 2.45) is 0 Å². The summed E-state index contributed by atoms with van der Waals surface area (Å²) in [5.74, 6) is 0.818. The van der Waals surface area contributed by atoms with Gasteiger partial charge in [0.25, 0.3) is 0 Å². The first kappa shape index (κ1) is 20.8. The van der Waals surface area contributed by atoms with E-state index in [0.717, 1.165) is 36.6 Å². The zero-order chi connectivity index (χ0) is 21.9. The average Bonchev–Trinajstić information content (AvgIpc) is 3.52. The lowest BCUT2D eigenvalue weighted by Crippen LogP contribution is -2.34. The number of rotatable bonds is 6. The summed E-state index contributed by atoms with van der Waals surface area (Å²) in [5.41, 5.74) is 1.38. The normalized spacial score (nSPS) is 14.6. The van der Waals surface area contributed by atoms with Gasteiger partial charge in [-0.05, 0) is 25.0 Å². The van der Waals surface area contributed by atoms with Crippen LogP contribution in [-0.4, -0.2) is 43.0 Å². The van der Waals surface area contributed by atoms with E-state index < -0.39 is 5.82 Å². The van der Waals surface area contributed by atoms with Crippen LogP contribution in [0.4, 0.5) is 10.3 Å². The van der Waals surface area contributed by atoms with Crippen LogP contribution in [0.2, 0.25) is 5.02 Å². The van der Waals surface area contributed by atoms with Crippen LogP contribution in [-0.2, 0) is 6.61 Å². The van der Waals surface area contributed by atoms with E-state index in [-0.39, 0.29) is 12.4 Å². The number of hydrogen-bond donors (Lipinski definition) is 0. The maximum Gasteiger partial charge on any atom is 0.225 e. The highest BCUT2D eigenvalue weighted by molar-refractivity contribution is 7.09. The Morgan fingerprint density at radius 1 is 1.19 bits per heavy atom. The van der Waals surface area contributed by atoms with Gasteiger partial charge in [-0.25, -0.2) is 24.0 Å². The fourth-order valence-corrected chi connectivity index (χ4v) is 4.69. The fraction of sp³-hybridized carbons (Fsp3) is 0.286. The molecule has 0 amide bonds. The maximum absolute atomic E-state index is 14.4. The minimum absolute atomic E-state index is 0.180. The number of halogens is 2. The highest BCUT2D eigenvalue weighted by Crippen LogP contribution is 2.32. The first-order valence-corrected chi connectivity index (χ1v) is 11.4. The van der Waals surface area contributed by atoms with Gasteiger partial charge in [-0.15, -0.1) is 16.4 Å². The van der Waals surface area contributed by atoms with Crippen molar-refractivity contribution in [2.45, 2.75) is 25.4 Å². The van der Waals surface area contributed by atoms with Gasteiger partial charge in [0.05, 0.1) is 46.2 Å². The molecular weight excluding hydrogens is 453 g/mol. The quantitative estimate of drug-likeness (QED) is 0.415. The molecule has 11 heteroatoms. The zero-order valence-corrected chi connectivity index (χ0v) is 18.5. The number of aromatic nitrogens is 6. The highest BCUT2D eigenvalue weighted by Gasteiger charge is 2.24. The molecule has 0 bridgehead atoms. The minimum atomic E-state index is -0.453. The van der Waals surface area contributed by atoms with E-state index >= 15 is 0 Å². The summed E-state index contributed by atoms with van der Waals surface area (Å²) >= 11 is 7.49. The molecule has 8 nitrogen and oxygen atoms in total. The molecule has 4 heterocycles. The molecule has 0 unspecified atom stereocenters. The van der Waals surface area contributed by atoms with E-state index in [2.05, 4.69) is 25.2 Å². The Labute approximate surface area is 192 Å². The lowest BCUT2D eigenvalue weighted by Gasteiger charge is -2.31. The van der Waals surface area contributed by atoms with Gasteiger partial charge in [0, 0.05) is 30.5 Å². The van der Waals surface area contributed by atoms with Crippen LogP contribution in [0, 0.1) is 5.82 Å². The standard InChI is InChI=1S/C21H19ClFN7OS/c22-15-10-24-21(25-11-15)29-6-3-14(4-7-29)20-27-16(13-32-20)12-31-19-2-1-17(9-18(19)23)30-8-5-26-28-30/h1-2,5,8-11,13-14H,3-4,6-7,12H2. The number of ether oxygens (including phenoxy) is 1. The smallest absolute Gasteiger partial charge is 0.225 e. The van der Waals surface area contributed by atoms with Crippen molar-refractivity contribution in [2.75, 3.05) is 18.0 Å². The van der Waals surface area contributed by atoms with Crippen molar-refractivity contribution in [3.8, 4) is 11.4 Å². The monoisotopic (exact) mass is 471 g/mol. The van der Waals surface area contributed by atoms with Crippen molar-refractivity contribution in [3.05, 3.63) is 69.9 Å². The van der Waals surface area contributed by atoms with Crippen molar-refractivity contribution in [1.29, 1.82) is 0 Å². The SMILES string of the molecule is Fc1cc(-n2ccnn2)ccc1OCc1csc(C2CCN(c3ncc(Cl)cn3)CC2)n1. The summed E-state index contributed by atoms with van der Waals surface area (Å²) in [4.78, 5) is 15.5. The third-order valence-electron chi connectivity index (χ3n) is 5.28. The van der Waals surface area contributed by atoms with Crippen LogP contribution in [0.1, 0.15) is 29.5 Å². The predicted molar refractivity (Wildman–Crippen MR) is 119 cm³/mol. The maximum atomic E-state index is 14.4. The largest absolute Gasteiger partial charge is 0.484 e. The molecule has 1 saturated heterocycles. The van der Waals surface area contributed by atoms with Crippen LogP contribution in [0.5, 0.6) is 5.75 Å². The topological polar surface area (TPSA) is 81.9 Å². The summed E-state index contributed by atoms with van der Waals surface area (Å²) in [7, 11) is 0. The number of hydrogen-bond acceptors (Lipinski definition) is 8. The van der Waals surface area contributed by atoms with Gasteiger partial charge in [0.1, 0.15) is 6.61 Å². The number of benzene rings is 1. The van der Waals surface area contributed by atoms with Crippen molar-refractivity contribution in [1.82, 2.24) is 29.9 Å². The summed E-state index contributed by atoms with van der Waals surface area (Å²) in [5, 5.41) is 11.2. The van der Waals surface area contributed by atoms with Gasteiger partial charge >= 0.3 is 0 Å². The second kappa shape index (κ2) is 9.17. The zero-order valence-electron chi connectivity index (χ0n) is 16.9. The Hall–Kier alpha value is -3.11. The number of piperidine rings is 1. The molecule has 0 spiro atoms. The van der Waals surface area contributed by atoms with E-state index in [4.69, 9.17) is 21.3 Å². The van der Waals surface area contributed by atoms with Gasteiger partial charge in [0.15, 0.2) is 11.6 Å². The Morgan fingerprint density at radius 2 is 2.00 bits per heavy atom. The minimum Gasteiger partial charge on any atom is -0.484 e. The summed E-state index contributed by atoms with van der Waals surface area (Å²) < 4.78 is 21.6. The highest BCUT2D eigenvalue weighted by atomic mass is 35.5. The van der Waals surface area contributed by atoms with Gasteiger partial charge < -0.3 is 9.64 Å². The van der Waals surface area contributed by atoms with Crippen molar-refractivity contribution >= 4 is 28.9 Å². The predicted octanol–water partition coefficient (Wildman–Crippen LogP) is 4.27. The molecule has 5 rings (SSSR count). The second-order valence-electron chi connectivity index (χ2n) is 7.39. The molecule has 0 saturated carbocycles. The Kier molecular flexibility index (Phi) is 5.95. The fourth-order valence-electron chi connectivity index (χ4n) is 3.62. The number of thiazole rings is 1. The van der Waals surface area contributed by atoms with Crippen LogP contribution in [0.15, 0.2) is 48.4 Å². The number of nitrogens with zero attached hydrogens (tertiary/aromatic N) is 7. The van der Waals surface area contributed by atoms with Gasteiger partial charge in [0.2, 0.25) is 5.95 Å². The van der Waals surface area contributed by atoms with Crippen molar-refractivity contribution < 1.29 is 9.13 Å². The molecule has 3 aromatic heterocycles. The molecule has 164 valence electrons.